The first-order valence-corrected chi connectivity index (χ1v) is 24.3. The number of rotatable bonds is 6. The molecule has 1 saturated carbocycles. The van der Waals surface area contributed by atoms with E-state index < -0.39 is 5.60 Å². The van der Waals surface area contributed by atoms with Gasteiger partial charge in [-0.15, -0.1) is 0 Å². The fraction of sp³-hybridized carbons (Fsp3) is 0.121. The highest BCUT2D eigenvalue weighted by Crippen LogP contribution is 2.62. The lowest BCUT2D eigenvalue weighted by molar-refractivity contribution is -0.0871. The SMILES string of the molecule is COC12CCCCC1(C)N(c1ccccc1)c1ccc(-c3cc(-c4cccc5ccccc45)c4ccc5c(-c6cccc7ccccc67)cc(-c6cccc7ccccc67)c6ccc3c4c65)cc12. The van der Waals surface area contributed by atoms with Crippen molar-refractivity contribution < 1.29 is 4.74 Å². The van der Waals surface area contributed by atoms with Crippen LogP contribution in [0.1, 0.15) is 38.2 Å². The molecule has 324 valence electrons. The molecule has 1 aliphatic carbocycles. The minimum absolute atomic E-state index is 0.241. The molecule has 2 nitrogen and oxygen atoms in total. The maximum atomic E-state index is 6.93. The van der Waals surface area contributed by atoms with Gasteiger partial charge in [0.2, 0.25) is 0 Å². The number of nitrogens with zero attached hydrogens (tertiary/aromatic N) is 1. The normalized spacial score (nSPS) is 18.1. The van der Waals surface area contributed by atoms with Gasteiger partial charge in [-0.3, -0.25) is 0 Å². The third-order valence-corrected chi connectivity index (χ3v) is 16.3. The maximum absolute atomic E-state index is 6.93. The van der Waals surface area contributed by atoms with Gasteiger partial charge in [-0.25, -0.2) is 0 Å². The molecule has 2 aliphatic rings. The van der Waals surface area contributed by atoms with Crippen molar-refractivity contribution in [3.63, 3.8) is 0 Å². The summed E-state index contributed by atoms with van der Waals surface area (Å²) < 4.78 is 6.93. The van der Waals surface area contributed by atoms with Crippen LogP contribution in [-0.4, -0.2) is 12.6 Å². The summed E-state index contributed by atoms with van der Waals surface area (Å²) >= 11 is 0. The van der Waals surface area contributed by atoms with Crippen LogP contribution in [0.15, 0.2) is 212 Å². The lowest BCUT2D eigenvalue weighted by Crippen LogP contribution is -2.57. The number of benzene rings is 12. The Hall–Kier alpha value is -7.78. The van der Waals surface area contributed by atoms with E-state index >= 15 is 0 Å². The van der Waals surface area contributed by atoms with Crippen LogP contribution in [0.3, 0.4) is 0 Å². The molecule has 1 fully saturated rings. The second-order valence-electron chi connectivity index (χ2n) is 19.5. The van der Waals surface area contributed by atoms with Crippen molar-refractivity contribution in [3.8, 4) is 44.5 Å². The molecule has 0 aromatic heterocycles. The Kier molecular flexibility index (Phi) is 8.61. The van der Waals surface area contributed by atoms with Crippen LogP contribution in [0.4, 0.5) is 11.4 Å². The van der Waals surface area contributed by atoms with Gasteiger partial charge in [0, 0.05) is 24.0 Å². The van der Waals surface area contributed by atoms with E-state index in [1.165, 1.54) is 133 Å². The van der Waals surface area contributed by atoms with E-state index in [0.717, 1.165) is 19.3 Å². The second kappa shape index (κ2) is 14.9. The predicted octanol–water partition coefficient (Wildman–Crippen LogP) is 18.0. The van der Waals surface area contributed by atoms with Gasteiger partial charge in [0.25, 0.3) is 0 Å². The van der Waals surface area contributed by atoms with Crippen LogP contribution in [0, 0.1) is 0 Å². The fourth-order valence-corrected chi connectivity index (χ4v) is 13.2. The number of anilines is 2. The van der Waals surface area contributed by atoms with Gasteiger partial charge in [-0.2, -0.15) is 0 Å². The number of hydrogen-bond acceptors (Lipinski definition) is 2. The lowest BCUT2D eigenvalue weighted by Gasteiger charge is -2.50. The Bertz CT molecular complexity index is 3880. The molecule has 2 unspecified atom stereocenters. The Morgan fingerprint density at radius 3 is 1.34 bits per heavy atom. The van der Waals surface area contributed by atoms with Crippen LogP contribution in [0.25, 0.3) is 109 Å². The molecule has 0 N–H and O–H groups in total. The zero-order valence-corrected chi connectivity index (χ0v) is 38.4. The van der Waals surface area contributed by atoms with Gasteiger partial charge in [0.05, 0.1) is 5.54 Å². The number of hydrogen-bond donors (Lipinski definition) is 0. The highest BCUT2D eigenvalue weighted by Gasteiger charge is 2.61. The second-order valence-corrected chi connectivity index (χ2v) is 19.5. The molecule has 1 heterocycles. The third kappa shape index (κ3) is 5.44. The van der Waals surface area contributed by atoms with E-state index in [4.69, 9.17) is 4.74 Å². The molecule has 68 heavy (non-hydrogen) atoms. The van der Waals surface area contributed by atoms with Crippen molar-refractivity contribution in [2.45, 2.75) is 43.7 Å². The average molecular weight is 872 g/mol. The summed E-state index contributed by atoms with van der Waals surface area (Å²) in [6.45, 7) is 2.44. The zero-order valence-electron chi connectivity index (χ0n) is 38.4. The molecule has 14 rings (SSSR count). The van der Waals surface area contributed by atoms with Crippen LogP contribution >= 0.6 is 0 Å². The molecule has 12 aromatic carbocycles. The summed E-state index contributed by atoms with van der Waals surface area (Å²) in [5, 5.41) is 15.2. The molecule has 0 radical (unpaired) electrons. The van der Waals surface area contributed by atoms with Crippen molar-refractivity contribution in [1.82, 2.24) is 0 Å². The first-order chi connectivity index (χ1) is 33.5. The zero-order chi connectivity index (χ0) is 45.1. The van der Waals surface area contributed by atoms with Gasteiger partial charge in [-0.1, -0.05) is 189 Å². The minimum Gasteiger partial charge on any atom is -0.371 e. The van der Waals surface area contributed by atoms with E-state index in [1.807, 2.05) is 7.11 Å². The minimum atomic E-state index is -0.463. The number of ether oxygens (including phenoxy) is 1. The van der Waals surface area contributed by atoms with Crippen molar-refractivity contribution in [1.29, 1.82) is 0 Å². The first kappa shape index (κ1) is 39.4. The Morgan fingerprint density at radius 2 is 0.824 bits per heavy atom. The predicted molar refractivity (Wildman–Crippen MR) is 289 cm³/mol. The van der Waals surface area contributed by atoms with E-state index in [0.29, 0.717) is 0 Å². The maximum Gasteiger partial charge on any atom is 0.118 e. The largest absolute Gasteiger partial charge is 0.371 e. The summed E-state index contributed by atoms with van der Waals surface area (Å²) in [7, 11) is 1.95. The first-order valence-electron chi connectivity index (χ1n) is 24.3. The van der Waals surface area contributed by atoms with Crippen molar-refractivity contribution in [3.05, 3.63) is 218 Å². The van der Waals surface area contributed by atoms with Crippen LogP contribution in [-0.2, 0) is 10.3 Å². The quantitative estimate of drug-likeness (QED) is 0.154. The average Bonchev–Trinajstić information content (AvgIpc) is 3.64. The topological polar surface area (TPSA) is 12.5 Å². The van der Waals surface area contributed by atoms with E-state index in [2.05, 4.69) is 224 Å². The van der Waals surface area contributed by atoms with Crippen molar-refractivity contribution >= 4 is 76.0 Å². The Balaban J connectivity index is 1.13. The molecular weight excluding hydrogens is 823 g/mol. The summed E-state index contributed by atoms with van der Waals surface area (Å²) in [6, 6.07) is 79.9. The van der Waals surface area contributed by atoms with Crippen LogP contribution in [0.5, 0.6) is 0 Å². The third-order valence-electron chi connectivity index (χ3n) is 16.3. The summed E-state index contributed by atoms with van der Waals surface area (Å²) in [4.78, 5) is 2.60. The molecule has 0 amide bonds. The van der Waals surface area contributed by atoms with Gasteiger partial charge in [0.1, 0.15) is 5.60 Å². The highest BCUT2D eigenvalue weighted by molar-refractivity contribution is 6.33. The van der Waals surface area contributed by atoms with E-state index in [1.54, 1.807) is 0 Å². The molecule has 2 heteroatoms. The number of para-hydroxylation sites is 1. The van der Waals surface area contributed by atoms with Gasteiger partial charge in [-0.05, 0) is 165 Å². The monoisotopic (exact) mass is 871 g/mol. The summed E-state index contributed by atoms with van der Waals surface area (Å²) in [5.74, 6) is 0. The summed E-state index contributed by atoms with van der Waals surface area (Å²) in [5.41, 5.74) is 13.0. The van der Waals surface area contributed by atoms with Crippen molar-refractivity contribution in [2.75, 3.05) is 12.0 Å². The van der Waals surface area contributed by atoms with E-state index in [-0.39, 0.29) is 5.54 Å². The number of methoxy groups -OCH3 is 1. The number of fused-ring (bicyclic) bond motifs is 6. The Labute approximate surface area is 397 Å². The van der Waals surface area contributed by atoms with E-state index in [9.17, 15) is 0 Å². The molecule has 2 atom stereocenters. The molecule has 0 bridgehead atoms. The smallest absolute Gasteiger partial charge is 0.118 e. The summed E-state index contributed by atoms with van der Waals surface area (Å²) in [6.07, 6.45) is 4.35. The molecule has 0 saturated heterocycles. The molecule has 1 aliphatic heterocycles. The highest BCUT2D eigenvalue weighted by atomic mass is 16.5. The van der Waals surface area contributed by atoms with Gasteiger partial charge in [0.15, 0.2) is 0 Å². The molecule has 12 aromatic rings. The lowest BCUT2D eigenvalue weighted by atomic mass is 9.68. The Morgan fingerprint density at radius 1 is 0.382 bits per heavy atom. The molecule has 0 spiro atoms. The fourth-order valence-electron chi connectivity index (χ4n) is 13.2. The molecular formula is C66H49NO. The van der Waals surface area contributed by atoms with Crippen LogP contribution < -0.4 is 4.90 Å². The van der Waals surface area contributed by atoms with Gasteiger partial charge < -0.3 is 9.64 Å². The standard InChI is InChI=1S/C66H49NO/c1-65-37-12-13-38-66(65,68-2)61-39-45(31-36-62(61)67(65)46-23-4-3-5-24-46)57-40-58(50-28-14-20-42-17-6-9-25-47(42)50)54-34-35-56-60(52-30-16-22-44-19-8-11-27-49(44)52)41-59(55-33-32-53(57)63(54)64(55)56)51-29-15-21-43-18-7-10-26-48(43)51/h3-11,14-36,39-41H,12-13,37-38H2,1-2H3. The van der Waals surface area contributed by atoms with Gasteiger partial charge >= 0.3 is 0 Å². The van der Waals surface area contributed by atoms with Crippen LogP contribution in [0.2, 0.25) is 0 Å². The van der Waals surface area contributed by atoms with Crippen molar-refractivity contribution in [2.24, 2.45) is 0 Å².